The summed E-state index contributed by atoms with van der Waals surface area (Å²) in [5.41, 5.74) is 5.00. The van der Waals surface area contributed by atoms with Crippen LogP contribution in [-0.4, -0.2) is 44.5 Å². The van der Waals surface area contributed by atoms with E-state index < -0.39 is 6.03 Å². The topological polar surface area (TPSA) is 64.7 Å². The van der Waals surface area contributed by atoms with E-state index in [1.54, 1.807) is 0 Å². The van der Waals surface area contributed by atoms with Gasteiger partial charge in [0.1, 0.15) is 0 Å². The van der Waals surface area contributed by atoms with E-state index in [1.807, 2.05) is 87.3 Å². The number of carbonyl (C=O) groups is 2. The normalized spacial score (nSPS) is 10.6. The zero-order chi connectivity index (χ0) is 20.0. The summed E-state index contributed by atoms with van der Waals surface area (Å²) in [6.45, 7) is 4.67. The quantitative estimate of drug-likeness (QED) is 0.822. The standard InChI is InChI=1S/C21H28N4O2/c1-15-6-11-19(16(2)12-15)22-21(27)23-20(26)14-25(5)13-17-7-9-18(10-8-17)24(3)4/h6-12H,13-14H2,1-5H3,(H2,22,23,26,27). The molecule has 2 rings (SSSR count). The van der Waals surface area contributed by atoms with Gasteiger partial charge in [-0.2, -0.15) is 0 Å². The van der Waals surface area contributed by atoms with E-state index in [0.29, 0.717) is 12.2 Å². The Bertz CT molecular complexity index is 800. The first-order chi connectivity index (χ1) is 12.7. The molecule has 0 saturated heterocycles. The number of benzene rings is 2. The van der Waals surface area contributed by atoms with E-state index in [0.717, 1.165) is 22.4 Å². The Balaban J connectivity index is 1.82. The number of likely N-dealkylation sites (N-methyl/N-ethyl adjacent to an activating group) is 1. The summed E-state index contributed by atoms with van der Waals surface area (Å²) in [6, 6.07) is 13.4. The molecular formula is C21H28N4O2. The molecule has 3 amide bonds. The molecule has 6 nitrogen and oxygen atoms in total. The summed E-state index contributed by atoms with van der Waals surface area (Å²) in [5.74, 6) is -0.343. The molecule has 0 saturated carbocycles. The molecule has 0 aliphatic rings. The van der Waals surface area contributed by atoms with E-state index in [2.05, 4.69) is 10.6 Å². The van der Waals surface area contributed by atoms with Crippen molar-refractivity contribution >= 4 is 23.3 Å². The third-order valence-electron chi connectivity index (χ3n) is 4.20. The lowest BCUT2D eigenvalue weighted by atomic mass is 10.1. The highest BCUT2D eigenvalue weighted by Crippen LogP contribution is 2.16. The van der Waals surface area contributed by atoms with E-state index in [4.69, 9.17) is 0 Å². The molecule has 6 heteroatoms. The number of hydrogen-bond acceptors (Lipinski definition) is 4. The molecule has 144 valence electrons. The molecule has 2 aromatic rings. The molecule has 0 atom stereocenters. The maximum Gasteiger partial charge on any atom is 0.325 e. The van der Waals surface area contributed by atoms with Gasteiger partial charge in [-0.05, 0) is 50.2 Å². The minimum absolute atomic E-state index is 0.135. The second-order valence-electron chi connectivity index (χ2n) is 7.05. The molecule has 0 spiro atoms. The molecule has 0 aliphatic carbocycles. The molecule has 0 unspecified atom stereocenters. The molecule has 2 aromatic carbocycles. The van der Waals surface area contributed by atoms with Gasteiger partial charge in [-0.3, -0.25) is 15.0 Å². The van der Waals surface area contributed by atoms with Crippen LogP contribution in [0.5, 0.6) is 0 Å². The summed E-state index contributed by atoms with van der Waals surface area (Å²) < 4.78 is 0. The van der Waals surface area contributed by atoms with Crippen LogP contribution >= 0.6 is 0 Å². The average Bonchev–Trinajstić information content (AvgIpc) is 2.57. The van der Waals surface area contributed by atoms with E-state index in [9.17, 15) is 9.59 Å². The molecule has 0 radical (unpaired) electrons. The largest absolute Gasteiger partial charge is 0.378 e. The van der Waals surface area contributed by atoms with Crippen LogP contribution in [0, 0.1) is 13.8 Å². The number of rotatable bonds is 6. The van der Waals surface area contributed by atoms with Gasteiger partial charge in [-0.25, -0.2) is 4.79 Å². The van der Waals surface area contributed by atoms with Gasteiger partial charge in [0.15, 0.2) is 0 Å². The van der Waals surface area contributed by atoms with Crippen LogP contribution in [0.4, 0.5) is 16.2 Å². The maximum atomic E-state index is 12.1. The SMILES string of the molecule is Cc1ccc(NC(=O)NC(=O)CN(C)Cc2ccc(N(C)C)cc2)c(C)c1. The summed E-state index contributed by atoms with van der Waals surface area (Å²) in [7, 11) is 5.84. The Labute approximate surface area is 161 Å². The number of carbonyl (C=O) groups excluding carboxylic acids is 2. The van der Waals surface area contributed by atoms with E-state index >= 15 is 0 Å². The van der Waals surface area contributed by atoms with Crippen molar-refractivity contribution in [3.63, 3.8) is 0 Å². The Morgan fingerprint density at radius 3 is 2.22 bits per heavy atom. The number of nitrogens with zero attached hydrogens (tertiary/aromatic N) is 2. The number of aryl methyl sites for hydroxylation is 2. The highest BCUT2D eigenvalue weighted by atomic mass is 16.2. The number of urea groups is 1. The first kappa shape index (κ1) is 20.5. The summed E-state index contributed by atoms with van der Waals surface area (Å²) in [6.07, 6.45) is 0. The maximum absolute atomic E-state index is 12.1. The zero-order valence-corrected chi connectivity index (χ0v) is 16.7. The Morgan fingerprint density at radius 1 is 0.963 bits per heavy atom. The fraction of sp³-hybridized carbons (Fsp3) is 0.333. The van der Waals surface area contributed by atoms with Gasteiger partial charge in [0.2, 0.25) is 5.91 Å². The number of anilines is 2. The van der Waals surface area contributed by atoms with Gasteiger partial charge in [0, 0.05) is 32.0 Å². The molecule has 27 heavy (non-hydrogen) atoms. The van der Waals surface area contributed by atoms with Crippen molar-refractivity contribution in [2.24, 2.45) is 0 Å². The molecule has 0 heterocycles. The van der Waals surface area contributed by atoms with Gasteiger partial charge in [-0.15, -0.1) is 0 Å². The highest BCUT2D eigenvalue weighted by Gasteiger charge is 2.12. The first-order valence-corrected chi connectivity index (χ1v) is 8.87. The van der Waals surface area contributed by atoms with Crippen molar-refractivity contribution in [2.75, 3.05) is 37.9 Å². The minimum atomic E-state index is -0.518. The number of imide groups is 1. The Kier molecular flexibility index (Phi) is 6.96. The van der Waals surface area contributed by atoms with Crippen LogP contribution in [0.1, 0.15) is 16.7 Å². The van der Waals surface area contributed by atoms with Gasteiger partial charge in [-0.1, -0.05) is 29.8 Å². The van der Waals surface area contributed by atoms with Crippen LogP contribution in [0.15, 0.2) is 42.5 Å². The smallest absolute Gasteiger partial charge is 0.325 e. The third-order valence-corrected chi connectivity index (χ3v) is 4.20. The van der Waals surface area contributed by atoms with Crippen molar-refractivity contribution in [3.8, 4) is 0 Å². The number of hydrogen-bond donors (Lipinski definition) is 2. The second kappa shape index (κ2) is 9.19. The van der Waals surface area contributed by atoms with Crippen LogP contribution in [0.25, 0.3) is 0 Å². The van der Waals surface area contributed by atoms with Gasteiger partial charge in [0.05, 0.1) is 6.54 Å². The predicted octanol–water partition coefficient (Wildman–Crippen LogP) is 3.15. The van der Waals surface area contributed by atoms with Crippen molar-refractivity contribution in [1.29, 1.82) is 0 Å². The second-order valence-corrected chi connectivity index (χ2v) is 7.05. The predicted molar refractivity (Wildman–Crippen MR) is 110 cm³/mol. The molecule has 2 N–H and O–H groups in total. The molecular weight excluding hydrogens is 340 g/mol. The van der Waals surface area contributed by atoms with E-state index in [1.165, 1.54) is 0 Å². The molecule has 0 fully saturated rings. The molecule has 0 aromatic heterocycles. The molecule has 0 aliphatic heterocycles. The van der Waals surface area contributed by atoms with Crippen molar-refractivity contribution in [3.05, 3.63) is 59.2 Å². The molecule has 0 bridgehead atoms. The average molecular weight is 368 g/mol. The Morgan fingerprint density at radius 2 is 1.63 bits per heavy atom. The minimum Gasteiger partial charge on any atom is -0.378 e. The summed E-state index contributed by atoms with van der Waals surface area (Å²) in [5, 5.41) is 5.09. The monoisotopic (exact) mass is 368 g/mol. The van der Waals surface area contributed by atoms with Crippen molar-refractivity contribution < 1.29 is 9.59 Å². The summed E-state index contributed by atoms with van der Waals surface area (Å²) >= 11 is 0. The van der Waals surface area contributed by atoms with Crippen LogP contribution in [0.2, 0.25) is 0 Å². The van der Waals surface area contributed by atoms with Crippen LogP contribution in [0.3, 0.4) is 0 Å². The number of nitrogens with one attached hydrogen (secondary N) is 2. The Hall–Kier alpha value is -2.86. The fourth-order valence-corrected chi connectivity index (χ4v) is 2.79. The lowest BCUT2D eigenvalue weighted by Gasteiger charge is -2.17. The van der Waals surface area contributed by atoms with Crippen molar-refractivity contribution in [2.45, 2.75) is 20.4 Å². The van der Waals surface area contributed by atoms with Gasteiger partial charge in [0.25, 0.3) is 0 Å². The number of amides is 3. The van der Waals surface area contributed by atoms with Gasteiger partial charge >= 0.3 is 6.03 Å². The summed E-state index contributed by atoms with van der Waals surface area (Å²) in [4.78, 5) is 28.0. The van der Waals surface area contributed by atoms with E-state index in [-0.39, 0.29) is 12.5 Å². The zero-order valence-electron chi connectivity index (χ0n) is 16.7. The first-order valence-electron chi connectivity index (χ1n) is 8.87. The van der Waals surface area contributed by atoms with Crippen LogP contribution in [-0.2, 0) is 11.3 Å². The van der Waals surface area contributed by atoms with Crippen LogP contribution < -0.4 is 15.5 Å². The fourth-order valence-electron chi connectivity index (χ4n) is 2.79. The van der Waals surface area contributed by atoms with Crippen molar-refractivity contribution in [1.82, 2.24) is 10.2 Å². The lowest BCUT2D eigenvalue weighted by Crippen LogP contribution is -2.40. The lowest BCUT2D eigenvalue weighted by molar-refractivity contribution is -0.120. The van der Waals surface area contributed by atoms with Gasteiger partial charge < -0.3 is 10.2 Å². The highest BCUT2D eigenvalue weighted by molar-refractivity contribution is 6.02. The third kappa shape index (κ3) is 6.42.